The third kappa shape index (κ3) is 4.23. The van der Waals surface area contributed by atoms with Crippen molar-refractivity contribution in [2.24, 2.45) is 5.41 Å². The zero-order valence-corrected chi connectivity index (χ0v) is 16.2. The molecule has 1 aliphatic heterocycles. The summed E-state index contributed by atoms with van der Waals surface area (Å²) < 4.78 is 6.66. The first-order valence-corrected chi connectivity index (χ1v) is 10.1. The molecular weight excluding hydrogens is 395 g/mol. The number of Topliss-reactive ketones (excluding diaryl/α,β-unsaturated/α-hetero) is 1. The highest BCUT2D eigenvalue weighted by Crippen LogP contribution is 2.32. The van der Waals surface area contributed by atoms with E-state index in [0.29, 0.717) is 5.78 Å². The number of ketones is 1. The SMILES string of the molecule is Cc1cc(I)ccc1C(=O)C([S+]1CCOCC1)C(C)(C)C. The number of ether oxygens (including phenoxy) is 1. The van der Waals surface area contributed by atoms with Crippen molar-refractivity contribution in [1.82, 2.24) is 0 Å². The minimum atomic E-state index is -0.00697. The monoisotopic (exact) mass is 419 g/mol. The minimum Gasteiger partial charge on any atom is -0.372 e. The number of benzene rings is 1. The summed E-state index contributed by atoms with van der Waals surface area (Å²) in [7, 11) is 0.127. The number of hydrogen-bond donors (Lipinski definition) is 0. The highest BCUT2D eigenvalue weighted by atomic mass is 127. The Kier molecular flexibility index (Phi) is 5.77. The highest BCUT2D eigenvalue weighted by molar-refractivity contribution is 14.1. The Balaban J connectivity index is 2.33. The summed E-state index contributed by atoms with van der Waals surface area (Å²) in [6.07, 6.45) is 0. The standard InChI is InChI=1S/C17H24IO2S/c1-12-11-13(18)5-6-14(12)15(19)16(17(2,3)4)21-9-7-20-8-10-21/h5-6,11,16H,7-10H2,1-4H3/q+1. The van der Waals surface area contributed by atoms with Crippen molar-refractivity contribution in [1.29, 1.82) is 0 Å². The van der Waals surface area contributed by atoms with Crippen LogP contribution in [0.4, 0.5) is 0 Å². The lowest BCUT2D eigenvalue weighted by atomic mass is 9.86. The molecular formula is C17H24IO2S+. The van der Waals surface area contributed by atoms with Crippen LogP contribution in [0.5, 0.6) is 0 Å². The minimum absolute atomic E-state index is 0.00697. The molecule has 2 rings (SSSR count). The Morgan fingerprint density at radius 3 is 2.43 bits per heavy atom. The average Bonchev–Trinajstić information content (AvgIpc) is 2.38. The third-order valence-corrected chi connectivity index (χ3v) is 7.43. The van der Waals surface area contributed by atoms with Gasteiger partial charge in [-0.1, -0.05) is 20.8 Å². The van der Waals surface area contributed by atoms with E-state index in [9.17, 15) is 4.79 Å². The maximum absolute atomic E-state index is 13.2. The van der Waals surface area contributed by atoms with Crippen molar-refractivity contribution in [2.75, 3.05) is 24.7 Å². The van der Waals surface area contributed by atoms with Crippen LogP contribution in [0.2, 0.25) is 0 Å². The van der Waals surface area contributed by atoms with Crippen LogP contribution < -0.4 is 0 Å². The molecule has 2 nitrogen and oxygen atoms in total. The Labute approximate surface area is 144 Å². The van der Waals surface area contributed by atoms with Crippen molar-refractivity contribution < 1.29 is 9.53 Å². The Morgan fingerprint density at radius 1 is 1.29 bits per heavy atom. The third-order valence-electron chi connectivity index (χ3n) is 3.79. The van der Waals surface area contributed by atoms with E-state index in [4.69, 9.17) is 4.74 Å². The van der Waals surface area contributed by atoms with Crippen LogP contribution >= 0.6 is 22.6 Å². The normalized spacial score (nSPS) is 18.5. The van der Waals surface area contributed by atoms with Crippen LogP contribution in [-0.2, 0) is 15.6 Å². The van der Waals surface area contributed by atoms with Crippen LogP contribution in [0, 0.1) is 15.9 Å². The molecule has 1 aromatic rings. The molecule has 0 aliphatic carbocycles. The molecule has 0 bridgehead atoms. The first-order chi connectivity index (χ1) is 9.80. The van der Waals surface area contributed by atoms with E-state index in [1.807, 2.05) is 19.1 Å². The van der Waals surface area contributed by atoms with Gasteiger partial charge in [0.15, 0.2) is 5.25 Å². The summed E-state index contributed by atoms with van der Waals surface area (Å²) in [4.78, 5) is 13.2. The summed E-state index contributed by atoms with van der Waals surface area (Å²) in [5, 5.41) is 0.0974. The van der Waals surface area contributed by atoms with E-state index in [1.54, 1.807) is 0 Å². The molecule has 0 spiro atoms. The van der Waals surface area contributed by atoms with Crippen LogP contribution in [0.3, 0.4) is 0 Å². The molecule has 4 heteroatoms. The van der Waals surface area contributed by atoms with Gasteiger partial charge in [0.05, 0.1) is 13.2 Å². The molecule has 1 aromatic carbocycles. The largest absolute Gasteiger partial charge is 0.372 e. The van der Waals surface area contributed by atoms with E-state index in [2.05, 4.69) is 49.4 Å². The van der Waals surface area contributed by atoms with E-state index in [0.717, 1.165) is 35.8 Å². The van der Waals surface area contributed by atoms with Gasteiger partial charge in [0.1, 0.15) is 11.5 Å². The van der Waals surface area contributed by atoms with Crippen molar-refractivity contribution in [3.05, 3.63) is 32.9 Å². The number of carbonyl (C=O) groups is 1. The molecule has 1 heterocycles. The smallest absolute Gasteiger partial charge is 0.215 e. The van der Waals surface area contributed by atoms with Gasteiger partial charge in [-0.05, 0) is 53.3 Å². The van der Waals surface area contributed by atoms with Crippen molar-refractivity contribution >= 4 is 39.3 Å². The summed E-state index contributed by atoms with van der Waals surface area (Å²) in [5.41, 5.74) is 1.99. The number of hydrogen-bond acceptors (Lipinski definition) is 2. The van der Waals surface area contributed by atoms with Gasteiger partial charge in [0.2, 0.25) is 5.78 Å². The van der Waals surface area contributed by atoms with Gasteiger partial charge in [0.25, 0.3) is 0 Å². The van der Waals surface area contributed by atoms with Crippen molar-refractivity contribution in [3.8, 4) is 0 Å². The zero-order valence-electron chi connectivity index (χ0n) is 13.2. The topological polar surface area (TPSA) is 26.3 Å². The summed E-state index contributed by atoms with van der Waals surface area (Å²) in [6, 6.07) is 6.14. The lowest BCUT2D eigenvalue weighted by molar-refractivity contribution is 0.0945. The summed E-state index contributed by atoms with van der Waals surface area (Å²) >= 11 is 2.30. The fraction of sp³-hybridized carbons (Fsp3) is 0.588. The molecule has 0 amide bonds. The Hall–Kier alpha value is -0.0700. The Bertz CT molecular complexity index is 516. The fourth-order valence-corrected chi connectivity index (χ4v) is 6.28. The van der Waals surface area contributed by atoms with Gasteiger partial charge >= 0.3 is 0 Å². The van der Waals surface area contributed by atoms with Gasteiger partial charge in [-0.15, -0.1) is 0 Å². The van der Waals surface area contributed by atoms with Crippen LogP contribution in [0.15, 0.2) is 18.2 Å². The summed E-state index contributed by atoms with van der Waals surface area (Å²) in [5.74, 6) is 2.37. The molecule has 1 atom stereocenters. The van der Waals surface area contributed by atoms with Gasteiger partial charge < -0.3 is 4.74 Å². The molecule has 1 fully saturated rings. The van der Waals surface area contributed by atoms with Crippen LogP contribution in [0.1, 0.15) is 36.7 Å². The zero-order chi connectivity index (χ0) is 15.6. The maximum atomic E-state index is 13.2. The van der Waals surface area contributed by atoms with Crippen molar-refractivity contribution in [2.45, 2.75) is 32.9 Å². The van der Waals surface area contributed by atoms with Crippen LogP contribution in [-0.4, -0.2) is 35.8 Å². The fourth-order valence-electron chi connectivity index (χ4n) is 2.86. The molecule has 1 unspecified atom stereocenters. The molecule has 0 N–H and O–H groups in total. The second-order valence-corrected chi connectivity index (χ2v) is 10.2. The number of halogens is 1. The second kappa shape index (κ2) is 7.01. The second-order valence-electron chi connectivity index (χ2n) is 6.63. The predicted octanol–water partition coefficient (Wildman–Crippen LogP) is 3.85. The van der Waals surface area contributed by atoms with Crippen molar-refractivity contribution in [3.63, 3.8) is 0 Å². The molecule has 0 aromatic heterocycles. The Morgan fingerprint density at radius 2 is 1.90 bits per heavy atom. The van der Waals surface area contributed by atoms with E-state index in [1.165, 1.54) is 3.57 Å². The molecule has 21 heavy (non-hydrogen) atoms. The first kappa shape index (κ1) is 17.3. The van der Waals surface area contributed by atoms with Crippen LogP contribution in [0.25, 0.3) is 0 Å². The average molecular weight is 419 g/mol. The van der Waals surface area contributed by atoms with E-state index in [-0.39, 0.29) is 21.6 Å². The number of rotatable bonds is 3. The van der Waals surface area contributed by atoms with E-state index < -0.39 is 0 Å². The van der Waals surface area contributed by atoms with Gasteiger partial charge in [-0.3, -0.25) is 4.79 Å². The first-order valence-electron chi connectivity index (χ1n) is 7.35. The van der Waals surface area contributed by atoms with Gasteiger partial charge in [-0.25, -0.2) is 0 Å². The molecule has 116 valence electrons. The van der Waals surface area contributed by atoms with Gasteiger partial charge in [0, 0.05) is 25.4 Å². The molecule has 0 radical (unpaired) electrons. The molecule has 0 saturated carbocycles. The number of carbonyl (C=O) groups excluding carboxylic acids is 1. The van der Waals surface area contributed by atoms with Gasteiger partial charge in [-0.2, -0.15) is 0 Å². The highest BCUT2D eigenvalue weighted by Gasteiger charge is 2.46. The molecule has 1 saturated heterocycles. The van der Waals surface area contributed by atoms with E-state index >= 15 is 0 Å². The molecule has 1 aliphatic rings. The number of aryl methyl sites for hydroxylation is 1. The maximum Gasteiger partial charge on any atom is 0.215 e. The predicted molar refractivity (Wildman–Crippen MR) is 99.4 cm³/mol. The lowest BCUT2D eigenvalue weighted by Gasteiger charge is -2.31. The summed E-state index contributed by atoms with van der Waals surface area (Å²) in [6.45, 7) is 10.2. The lowest BCUT2D eigenvalue weighted by Crippen LogP contribution is -2.47. The quantitative estimate of drug-likeness (QED) is 0.423.